The highest BCUT2D eigenvalue weighted by molar-refractivity contribution is 8.13. The van der Waals surface area contributed by atoms with Crippen LogP contribution >= 0.6 is 13.2 Å². The van der Waals surface area contributed by atoms with Crippen molar-refractivity contribution < 1.29 is 27.4 Å². The molecular weight excluding hydrogens is 540 g/mol. The molecule has 1 aliphatic heterocycles. The monoisotopic (exact) mass is 569 g/mol. The largest absolute Gasteiger partial charge is 0.403 e. The van der Waals surface area contributed by atoms with Crippen molar-refractivity contribution in [3.63, 3.8) is 0 Å². The summed E-state index contributed by atoms with van der Waals surface area (Å²) in [4.78, 5) is 12.6. The maximum absolute atomic E-state index is 12.6. The van der Waals surface area contributed by atoms with Crippen LogP contribution in [0.2, 0.25) is 0 Å². The number of nitrogens with one attached hydrogen (secondary N) is 1. The van der Waals surface area contributed by atoms with Gasteiger partial charge in [-0.15, -0.1) is 10.2 Å². The van der Waals surface area contributed by atoms with E-state index in [2.05, 4.69) is 15.5 Å². The maximum Gasteiger partial charge on any atom is 0.381 e. The summed E-state index contributed by atoms with van der Waals surface area (Å²) >= 11 is 11.5. The summed E-state index contributed by atoms with van der Waals surface area (Å²) in [6, 6.07) is 14.4. The normalized spacial score (nSPS) is 15.2. The van der Waals surface area contributed by atoms with Gasteiger partial charge in [0.25, 0.3) is 5.91 Å². The summed E-state index contributed by atoms with van der Waals surface area (Å²) in [5.74, 6) is -0.385. The number of para-hydroxylation sites is 1. The number of hydrogen-bond donors (Lipinski definition) is 1. The highest BCUT2D eigenvalue weighted by Gasteiger charge is 2.31. The summed E-state index contributed by atoms with van der Waals surface area (Å²) < 4.78 is 29.4. The zero-order valence-electron chi connectivity index (χ0n) is 20.5. The number of carbonyl (C=O) groups is 1. The Morgan fingerprint density at radius 2 is 1.44 bits per heavy atom. The predicted molar refractivity (Wildman–Crippen MR) is 150 cm³/mol. The lowest BCUT2D eigenvalue weighted by Gasteiger charge is -2.26. The van der Waals surface area contributed by atoms with E-state index in [0.717, 1.165) is 0 Å². The van der Waals surface area contributed by atoms with Gasteiger partial charge in [-0.2, -0.15) is 0 Å². The molecule has 0 aliphatic carbocycles. The SMILES string of the molecule is CCOP(=S)(OCC)O/C(=N\N=C1/C(=O)Nc2ccccc21)c1ccccc1P(=S)(OCC)OCC. The van der Waals surface area contributed by atoms with Crippen LogP contribution < -0.4 is 10.6 Å². The molecule has 3 rings (SSSR count). The van der Waals surface area contributed by atoms with E-state index < -0.39 is 13.2 Å². The first-order valence-electron chi connectivity index (χ1n) is 11.4. The zero-order chi connectivity index (χ0) is 26.2. The Labute approximate surface area is 221 Å². The lowest BCUT2D eigenvalue weighted by atomic mass is 10.1. The summed E-state index contributed by atoms with van der Waals surface area (Å²) in [6.45, 7) is 2.34. The van der Waals surface area contributed by atoms with E-state index in [9.17, 15) is 4.79 Å². The Bertz CT molecular complexity index is 1230. The van der Waals surface area contributed by atoms with Gasteiger partial charge in [0.2, 0.25) is 12.4 Å². The molecule has 194 valence electrons. The fourth-order valence-corrected chi connectivity index (χ4v) is 8.22. The van der Waals surface area contributed by atoms with Gasteiger partial charge in [0.1, 0.15) is 0 Å². The van der Waals surface area contributed by atoms with Gasteiger partial charge in [0.15, 0.2) is 5.71 Å². The van der Waals surface area contributed by atoms with Crippen LogP contribution in [0, 0.1) is 0 Å². The molecule has 0 atom stereocenters. The van der Waals surface area contributed by atoms with Crippen molar-refractivity contribution in [2.24, 2.45) is 10.2 Å². The van der Waals surface area contributed by atoms with Gasteiger partial charge >= 0.3 is 6.72 Å². The van der Waals surface area contributed by atoms with E-state index in [1.807, 2.05) is 32.0 Å². The molecule has 0 spiro atoms. The van der Waals surface area contributed by atoms with E-state index in [4.69, 9.17) is 46.2 Å². The average Bonchev–Trinajstić information content (AvgIpc) is 3.17. The molecule has 0 saturated carbocycles. The molecule has 13 heteroatoms. The minimum absolute atomic E-state index is 0.00542. The van der Waals surface area contributed by atoms with Crippen LogP contribution in [0.15, 0.2) is 58.7 Å². The second-order valence-electron chi connectivity index (χ2n) is 7.08. The molecule has 1 amide bonds. The van der Waals surface area contributed by atoms with Crippen LogP contribution in [-0.4, -0.2) is 43.9 Å². The van der Waals surface area contributed by atoms with Crippen molar-refractivity contribution in [3.05, 3.63) is 59.7 Å². The summed E-state index contributed by atoms with van der Waals surface area (Å²) in [7, 11) is 0. The molecule has 0 saturated heterocycles. The van der Waals surface area contributed by atoms with Crippen LogP contribution in [0.5, 0.6) is 0 Å². The quantitative estimate of drug-likeness (QED) is 0.163. The van der Waals surface area contributed by atoms with E-state index in [1.165, 1.54) is 0 Å². The predicted octanol–water partition coefficient (Wildman–Crippen LogP) is 5.11. The van der Waals surface area contributed by atoms with Crippen LogP contribution in [0.25, 0.3) is 0 Å². The van der Waals surface area contributed by atoms with Gasteiger partial charge in [0.05, 0.1) is 37.7 Å². The molecule has 2 aromatic rings. The number of carbonyl (C=O) groups excluding carboxylic acids is 1. The lowest BCUT2D eigenvalue weighted by molar-refractivity contribution is -0.110. The van der Waals surface area contributed by atoms with Crippen molar-refractivity contribution >= 4 is 65.3 Å². The van der Waals surface area contributed by atoms with E-state index in [0.29, 0.717) is 35.3 Å². The molecule has 36 heavy (non-hydrogen) atoms. The topological polar surface area (TPSA) is 100.0 Å². The van der Waals surface area contributed by atoms with Gasteiger partial charge in [-0.25, -0.2) is 0 Å². The van der Waals surface area contributed by atoms with Gasteiger partial charge in [0, 0.05) is 22.7 Å². The van der Waals surface area contributed by atoms with Crippen LogP contribution in [-0.2, 0) is 51.0 Å². The second kappa shape index (κ2) is 13.1. The first-order valence-corrected chi connectivity index (χ1v) is 16.6. The second-order valence-corrected chi connectivity index (χ2v) is 13.4. The highest BCUT2D eigenvalue weighted by Crippen LogP contribution is 2.52. The minimum Gasteiger partial charge on any atom is -0.403 e. The first-order chi connectivity index (χ1) is 17.3. The van der Waals surface area contributed by atoms with Gasteiger partial charge in [-0.3, -0.25) is 13.8 Å². The molecule has 2 aromatic carbocycles. The van der Waals surface area contributed by atoms with E-state index >= 15 is 0 Å². The maximum atomic E-state index is 12.6. The molecular formula is C23H29N3O6P2S2. The number of fused-ring (bicyclic) bond motifs is 1. The molecule has 1 heterocycles. The Balaban J connectivity index is 2.20. The Morgan fingerprint density at radius 3 is 2.08 bits per heavy atom. The molecule has 1 N–H and O–H groups in total. The van der Waals surface area contributed by atoms with Crippen LogP contribution in [0.3, 0.4) is 0 Å². The van der Waals surface area contributed by atoms with Gasteiger partial charge < -0.3 is 18.9 Å². The van der Waals surface area contributed by atoms with Gasteiger partial charge in [-0.1, -0.05) is 30.3 Å². The lowest BCUT2D eigenvalue weighted by Crippen LogP contribution is -2.21. The average molecular weight is 570 g/mol. The van der Waals surface area contributed by atoms with Crippen LogP contribution in [0.4, 0.5) is 5.69 Å². The molecule has 0 unspecified atom stereocenters. The zero-order valence-corrected chi connectivity index (χ0v) is 23.9. The van der Waals surface area contributed by atoms with E-state index in [1.54, 1.807) is 44.2 Å². The third kappa shape index (κ3) is 6.73. The number of amides is 1. The Kier molecular flexibility index (Phi) is 10.5. The van der Waals surface area contributed by atoms with Crippen molar-refractivity contribution in [2.45, 2.75) is 27.7 Å². The third-order valence-electron chi connectivity index (χ3n) is 4.69. The summed E-state index contributed by atoms with van der Waals surface area (Å²) in [6.07, 6.45) is 0. The third-order valence-corrected chi connectivity index (χ3v) is 10.5. The molecule has 0 fully saturated rings. The number of nitrogens with zero attached hydrogens (tertiary/aromatic N) is 2. The number of hydrogen-bond acceptors (Lipinski definition) is 10. The minimum atomic E-state index is -3.26. The Morgan fingerprint density at radius 1 is 0.861 bits per heavy atom. The van der Waals surface area contributed by atoms with Gasteiger partial charge in [-0.05, 0) is 57.7 Å². The molecule has 9 nitrogen and oxygen atoms in total. The van der Waals surface area contributed by atoms with Crippen LogP contribution in [0.1, 0.15) is 38.8 Å². The van der Waals surface area contributed by atoms with Crippen molar-refractivity contribution in [3.8, 4) is 0 Å². The molecule has 1 aliphatic rings. The smallest absolute Gasteiger partial charge is 0.381 e. The molecule has 0 bridgehead atoms. The van der Waals surface area contributed by atoms with E-state index in [-0.39, 0.29) is 30.7 Å². The van der Waals surface area contributed by atoms with Crippen molar-refractivity contribution in [2.75, 3.05) is 31.7 Å². The Hall–Kier alpha value is -1.81. The highest BCUT2D eigenvalue weighted by atomic mass is 32.5. The fourth-order valence-electron chi connectivity index (χ4n) is 3.34. The molecule has 0 aromatic heterocycles. The number of benzene rings is 2. The standard InChI is InChI=1S/C23H29N3O6P2S2/c1-5-28-33(35,29-6-2)20-16-12-10-14-18(20)23(32-34(36,30-7-3)31-8-4)26-25-21-17-13-9-11-15-19(17)24-22(21)27/h9-16H,5-8H2,1-4H3,(H,24,25,27)/b26-23-. The fraction of sp³-hybridized carbons (Fsp3) is 0.348. The summed E-state index contributed by atoms with van der Waals surface area (Å²) in [5, 5.41) is 12.0. The van der Waals surface area contributed by atoms with Crippen molar-refractivity contribution in [1.29, 1.82) is 0 Å². The van der Waals surface area contributed by atoms with Crippen molar-refractivity contribution in [1.82, 2.24) is 0 Å². The first kappa shape index (κ1) is 28.8. The molecule has 0 radical (unpaired) electrons. The number of anilines is 1. The summed E-state index contributed by atoms with van der Waals surface area (Å²) in [5.41, 5.74) is 1.88. The number of rotatable bonds is 12.